The van der Waals surface area contributed by atoms with Crippen LogP contribution in [-0.4, -0.2) is 34.2 Å². The number of benzene rings is 4. The molecule has 8 nitrogen and oxygen atoms in total. The number of rotatable bonds is 11. The fraction of sp³-hybridized carbons (Fsp3) is 0.161. The average Bonchev–Trinajstić information content (AvgIpc) is 2.97. The Morgan fingerprint density at radius 1 is 0.951 bits per heavy atom. The van der Waals surface area contributed by atoms with Crippen LogP contribution in [0.5, 0.6) is 11.5 Å². The zero-order valence-electron chi connectivity index (χ0n) is 22.9. The standard InChI is InChI=1S/C31H30ClN3O5S/c1-22-12-15-26(16-13-22)41(37,38)35(28-11-7-10-27(32)23(28)2)20-31(36)34-33-19-25-14-17-29(30(18-25)39-3)40-21-24-8-5-4-6-9-24/h4-19H,20-21H2,1-3H3,(H,34,36)/b33-19-. The Morgan fingerprint density at radius 2 is 1.68 bits per heavy atom. The summed E-state index contributed by atoms with van der Waals surface area (Å²) in [5, 5.41) is 4.41. The van der Waals surface area contributed by atoms with E-state index in [0.717, 1.165) is 15.4 Å². The van der Waals surface area contributed by atoms with E-state index in [-0.39, 0.29) is 4.90 Å². The summed E-state index contributed by atoms with van der Waals surface area (Å²) in [7, 11) is -2.55. The van der Waals surface area contributed by atoms with Crippen molar-refractivity contribution in [2.24, 2.45) is 5.10 Å². The van der Waals surface area contributed by atoms with E-state index in [1.54, 1.807) is 55.5 Å². The number of carbonyl (C=O) groups is 1. The number of hydrazone groups is 1. The number of hydrogen-bond acceptors (Lipinski definition) is 6. The lowest BCUT2D eigenvalue weighted by Gasteiger charge is -2.25. The number of ether oxygens (including phenoxy) is 2. The minimum absolute atomic E-state index is 0.0560. The van der Waals surface area contributed by atoms with Gasteiger partial charge in [0.15, 0.2) is 11.5 Å². The molecular formula is C31H30ClN3O5S. The summed E-state index contributed by atoms with van der Waals surface area (Å²) in [5.74, 6) is 0.431. The number of sulfonamides is 1. The molecule has 0 fully saturated rings. The molecular weight excluding hydrogens is 562 g/mol. The van der Waals surface area contributed by atoms with Crippen molar-refractivity contribution in [2.45, 2.75) is 25.3 Å². The van der Waals surface area contributed by atoms with E-state index in [1.807, 2.05) is 37.3 Å². The van der Waals surface area contributed by atoms with Gasteiger partial charge in [0.2, 0.25) is 0 Å². The number of hydrogen-bond donors (Lipinski definition) is 1. The molecule has 0 atom stereocenters. The van der Waals surface area contributed by atoms with Crippen LogP contribution in [0.1, 0.15) is 22.3 Å². The van der Waals surface area contributed by atoms with Crippen LogP contribution in [-0.2, 0) is 21.4 Å². The number of nitrogens with zero attached hydrogens (tertiary/aromatic N) is 2. The summed E-state index contributed by atoms with van der Waals surface area (Å²) in [5.41, 5.74) is 5.82. The SMILES string of the molecule is COc1cc(/C=N\NC(=O)CN(c2cccc(Cl)c2C)S(=O)(=O)c2ccc(C)cc2)ccc1OCc1ccccc1. The van der Waals surface area contributed by atoms with Crippen molar-refractivity contribution in [1.82, 2.24) is 5.43 Å². The van der Waals surface area contributed by atoms with Gasteiger partial charge in [0.1, 0.15) is 13.2 Å². The maximum Gasteiger partial charge on any atom is 0.264 e. The van der Waals surface area contributed by atoms with Gasteiger partial charge in [-0.1, -0.05) is 65.7 Å². The molecule has 41 heavy (non-hydrogen) atoms. The first kappa shape index (κ1) is 29.6. The van der Waals surface area contributed by atoms with Crippen molar-refractivity contribution in [3.63, 3.8) is 0 Å². The Labute approximate surface area is 245 Å². The van der Waals surface area contributed by atoms with Gasteiger partial charge in [0.25, 0.3) is 15.9 Å². The van der Waals surface area contributed by atoms with Gasteiger partial charge in [0.05, 0.1) is 23.9 Å². The topological polar surface area (TPSA) is 97.3 Å². The molecule has 0 saturated carbocycles. The van der Waals surface area contributed by atoms with E-state index in [4.69, 9.17) is 21.1 Å². The van der Waals surface area contributed by atoms with Gasteiger partial charge < -0.3 is 9.47 Å². The van der Waals surface area contributed by atoms with Gasteiger partial charge in [-0.25, -0.2) is 13.8 Å². The quantitative estimate of drug-likeness (QED) is 0.173. The largest absolute Gasteiger partial charge is 0.493 e. The molecule has 0 unspecified atom stereocenters. The molecule has 4 aromatic rings. The van der Waals surface area contributed by atoms with Crippen LogP contribution in [0.3, 0.4) is 0 Å². The zero-order valence-corrected chi connectivity index (χ0v) is 24.4. The van der Waals surface area contributed by atoms with Crippen LogP contribution in [0.25, 0.3) is 0 Å². The molecule has 0 aromatic heterocycles. The summed E-state index contributed by atoms with van der Waals surface area (Å²) < 4.78 is 39.6. The first-order chi connectivity index (χ1) is 19.7. The molecule has 4 rings (SSSR count). The van der Waals surface area contributed by atoms with Gasteiger partial charge in [0, 0.05) is 5.02 Å². The molecule has 0 heterocycles. The highest BCUT2D eigenvalue weighted by molar-refractivity contribution is 7.92. The molecule has 212 valence electrons. The highest BCUT2D eigenvalue weighted by atomic mass is 35.5. The second kappa shape index (κ2) is 13.3. The lowest BCUT2D eigenvalue weighted by Crippen LogP contribution is -2.40. The number of halogens is 1. The number of aryl methyl sites for hydroxylation is 1. The monoisotopic (exact) mass is 591 g/mol. The van der Waals surface area contributed by atoms with Crippen LogP contribution < -0.4 is 19.2 Å². The van der Waals surface area contributed by atoms with E-state index < -0.39 is 22.5 Å². The van der Waals surface area contributed by atoms with Crippen molar-refractivity contribution in [3.05, 3.63) is 118 Å². The van der Waals surface area contributed by atoms with Crippen LogP contribution >= 0.6 is 11.6 Å². The lowest BCUT2D eigenvalue weighted by molar-refractivity contribution is -0.119. The third kappa shape index (κ3) is 7.45. The molecule has 4 aromatic carbocycles. The average molecular weight is 592 g/mol. The fourth-order valence-corrected chi connectivity index (χ4v) is 5.62. The molecule has 10 heteroatoms. The highest BCUT2D eigenvalue weighted by Crippen LogP contribution is 2.31. The molecule has 0 aliphatic heterocycles. The summed E-state index contributed by atoms with van der Waals surface area (Å²) in [6.07, 6.45) is 1.44. The van der Waals surface area contributed by atoms with Gasteiger partial charge in [-0.15, -0.1) is 0 Å². The minimum Gasteiger partial charge on any atom is -0.493 e. The lowest BCUT2D eigenvalue weighted by atomic mass is 10.2. The van der Waals surface area contributed by atoms with E-state index in [2.05, 4.69) is 10.5 Å². The molecule has 0 spiro atoms. The van der Waals surface area contributed by atoms with E-state index in [0.29, 0.717) is 39.9 Å². The van der Waals surface area contributed by atoms with E-state index in [9.17, 15) is 13.2 Å². The number of nitrogens with one attached hydrogen (secondary N) is 1. The predicted octanol–water partition coefficient (Wildman–Crippen LogP) is 5.89. The molecule has 0 saturated heterocycles. The number of amides is 1. The minimum atomic E-state index is -4.09. The van der Waals surface area contributed by atoms with E-state index in [1.165, 1.54) is 25.5 Å². The molecule has 0 radical (unpaired) electrons. The summed E-state index contributed by atoms with van der Waals surface area (Å²) in [4.78, 5) is 13.0. The van der Waals surface area contributed by atoms with Crippen molar-refractivity contribution < 1.29 is 22.7 Å². The summed E-state index contributed by atoms with van der Waals surface area (Å²) >= 11 is 6.28. The van der Waals surface area contributed by atoms with Gasteiger partial charge in [-0.2, -0.15) is 5.10 Å². The third-order valence-corrected chi connectivity index (χ3v) is 8.42. The first-order valence-electron chi connectivity index (χ1n) is 12.7. The smallest absolute Gasteiger partial charge is 0.264 e. The summed E-state index contributed by atoms with van der Waals surface area (Å²) in [6, 6.07) is 26.3. The van der Waals surface area contributed by atoms with Crippen LogP contribution in [0.4, 0.5) is 5.69 Å². The number of carbonyl (C=O) groups excluding carboxylic acids is 1. The van der Waals surface area contributed by atoms with Crippen LogP contribution in [0.2, 0.25) is 5.02 Å². The number of anilines is 1. The Kier molecular flexibility index (Phi) is 9.65. The van der Waals surface area contributed by atoms with Crippen molar-refractivity contribution in [1.29, 1.82) is 0 Å². The summed E-state index contributed by atoms with van der Waals surface area (Å²) in [6.45, 7) is 3.44. The third-order valence-electron chi connectivity index (χ3n) is 6.23. The maximum absolute atomic E-state index is 13.6. The van der Waals surface area contributed by atoms with Crippen molar-refractivity contribution in [2.75, 3.05) is 18.0 Å². The predicted molar refractivity (Wildman–Crippen MR) is 161 cm³/mol. The normalized spacial score (nSPS) is 11.3. The van der Waals surface area contributed by atoms with Crippen molar-refractivity contribution in [3.8, 4) is 11.5 Å². The Balaban J connectivity index is 1.49. The van der Waals surface area contributed by atoms with Crippen LogP contribution in [0, 0.1) is 13.8 Å². The Bertz CT molecular complexity index is 1640. The second-order valence-corrected chi connectivity index (χ2v) is 11.5. The van der Waals surface area contributed by atoms with Crippen LogP contribution in [0.15, 0.2) is 101 Å². The van der Waals surface area contributed by atoms with Gasteiger partial charge in [-0.3, -0.25) is 9.10 Å². The first-order valence-corrected chi connectivity index (χ1v) is 14.5. The van der Waals surface area contributed by atoms with Crippen molar-refractivity contribution >= 4 is 39.4 Å². The Morgan fingerprint density at radius 3 is 2.39 bits per heavy atom. The molecule has 0 aliphatic carbocycles. The molecule has 1 amide bonds. The second-order valence-electron chi connectivity index (χ2n) is 9.19. The number of methoxy groups -OCH3 is 1. The fourth-order valence-electron chi connectivity index (χ4n) is 3.97. The molecule has 1 N–H and O–H groups in total. The molecule has 0 aliphatic rings. The van der Waals surface area contributed by atoms with Gasteiger partial charge in [-0.05, 0) is 73.0 Å². The molecule has 0 bridgehead atoms. The maximum atomic E-state index is 13.6. The van der Waals surface area contributed by atoms with E-state index >= 15 is 0 Å². The zero-order chi connectivity index (χ0) is 29.4. The van der Waals surface area contributed by atoms with Gasteiger partial charge >= 0.3 is 0 Å². The Hall–Kier alpha value is -4.34. The highest BCUT2D eigenvalue weighted by Gasteiger charge is 2.28.